The van der Waals surface area contributed by atoms with Gasteiger partial charge in [0.1, 0.15) is 0 Å². The minimum Gasteiger partial charge on any atom is -0.504 e. The first-order chi connectivity index (χ1) is 17.8. The number of hydrogen-bond acceptors (Lipinski definition) is 6. The Hall–Kier alpha value is -4.66. The van der Waals surface area contributed by atoms with Gasteiger partial charge >= 0.3 is 11.4 Å². The molecule has 2 aliphatic carbocycles. The molecular formula is C28H23N3O6. The van der Waals surface area contributed by atoms with E-state index in [0.29, 0.717) is 28.0 Å². The highest BCUT2D eigenvalue weighted by Gasteiger charge is 2.44. The first-order valence-electron chi connectivity index (χ1n) is 11.9. The summed E-state index contributed by atoms with van der Waals surface area (Å²) in [6, 6.07) is 12.8. The summed E-state index contributed by atoms with van der Waals surface area (Å²) in [6.07, 6.45) is 3.32. The maximum atomic E-state index is 13.7. The van der Waals surface area contributed by atoms with Gasteiger partial charge in [0.2, 0.25) is 0 Å². The standard InChI is InChI=1S/C28H23N3O6/c1-15-12-22(33)25-19(26(15)34)14-20-18(24(25)16-8-9-21(32)23(13-16)37-2)10-11-29-27(35)30(28(36)31(20)29)17-6-4-3-5-7-17/h3-10,12-13,20,24,32H,11,14H2,1-2H3/t20-,24+/m1/s1. The highest BCUT2D eigenvalue weighted by Crippen LogP contribution is 2.50. The molecule has 9 nitrogen and oxygen atoms in total. The van der Waals surface area contributed by atoms with Gasteiger partial charge in [-0.1, -0.05) is 30.3 Å². The molecule has 1 aliphatic heterocycles. The first-order valence-corrected chi connectivity index (χ1v) is 11.9. The van der Waals surface area contributed by atoms with Crippen LogP contribution in [-0.2, 0) is 16.1 Å². The zero-order valence-electron chi connectivity index (χ0n) is 20.2. The molecule has 0 fully saturated rings. The summed E-state index contributed by atoms with van der Waals surface area (Å²) in [7, 11) is 1.43. The minimum absolute atomic E-state index is 0.0581. The van der Waals surface area contributed by atoms with Crippen molar-refractivity contribution in [3.8, 4) is 17.2 Å². The summed E-state index contributed by atoms with van der Waals surface area (Å²) in [4.78, 5) is 53.6. The molecule has 0 saturated carbocycles. The molecule has 2 heterocycles. The number of hydrogen-bond donors (Lipinski definition) is 1. The van der Waals surface area contributed by atoms with Gasteiger partial charge in [-0.05, 0) is 48.4 Å². The molecule has 1 aromatic heterocycles. The first kappa shape index (κ1) is 22.8. The Morgan fingerprint density at radius 1 is 1.00 bits per heavy atom. The molecular weight excluding hydrogens is 474 g/mol. The van der Waals surface area contributed by atoms with Crippen molar-refractivity contribution in [1.82, 2.24) is 13.9 Å². The number of methoxy groups -OCH3 is 1. The summed E-state index contributed by atoms with van der Waals surface area (Å²) >= 11 is 0. The fourth-order valence-electron chi connectivity index (χ4n) is 5.71. The van der Waals surface area contributed by atoms with Gasteiger partial charge < -0.3 is 9.84 Å². The number of carbonyl (C=O) groups excluding carboxylic acids is 2. The summed E-state index contributed by atoms with van der Waals surface area (Å²) < 4.78 is 9.21. The quantitative estimate of drug-likeness (QED) is 0.440. The Kier molecular flexibility index (Phi) is 5.04. The van der Waals surface area contributed by atoms with Crippen molar-refractivity contribution in [2.24, 2.45) is 0 Å². The van der Waals surface area contributed by atoms with E-state index in [1.807, 2.05) is 6.08 Å². The number of carbonyl (C=O) groups is 2. The summed E-state index contributed by atoms with van der Waals surface area (Å²) in [5, 5.41) is 10.2. The molecule has 2 aromatic carbocycles. The molecule has 0 bridgehead atoms. The van der Waals surface area contributed by atoms with Crippen molar-refractivity contribution >= 4 is 11.6 Å². The number of fused-ring (bicyclic) bond motifs is 3. The number of rotatable bonds is 3. The van der Waals surface area contributed by atoms with Crippen molar-refractivity contribution in [2.75, 3.05) is 7.11 Å². The maximum Gasteiger partial charge on any atom is 0.352 e. The van der Waals surface area contributed by atoms with Crippen LogP contribution < -0.4 is 16.1 Å². The molecule has 0 radical (unpaired) electrons. The number of aromatic hydroxyl groups is 1. The van der Waals surface area contributed by atoms with E-state index >= 15 is 0 Å². The number of ketones is 2. The van der Waals surface area contributed by atoms with Crippen LogP contribution in [0.4, 0.5) is 0 Å². The van der Waals surface area contributed by atoms with Gasteiger partial charge in [-0.2, -0.15) is 0 Å². The number of ether oxygens (including phenoxy) is 1. The third kappa shape index (κ3) is 3.23. The van der Waals surface area contributed by atoms with Crippen LogP contribution in [0.1, 0.15) is 30.9 Å². The highest BCUT2D eigenvalue weighted by molar-refractivity contribution is 6.23. The Morgan fingerprint density at radius 2 is 1.76 bits per heavy atom. The highest BCUT2D eigenvalue weighted by atomic mass is 16.5. The van der Waals surface area contributed by atoms with Crippen molar-refractivity contribution in [2.45, 2.75) is 31.8 Å². The maximum absolute atomic E-state index is 13.7. The second kappa shape index (κ2) is 8.19. The lowest BCUT2D eigenvalue weighted by Gasteiger charge is -2.39. The van der Waals surface area contributed by atoms with E-state index in [2.05, 4.69) is 0 Å². The zero-order valence-corrected chi connectivity index (χ0v) is 20.2. The van der Waals surface area contributed by atoms with E-state index in [1.54, 1.807) is 49.4 Å². The molecule has 0 amide bonds. The number of para-hydroxylation sites is 1. The molecule has 3 aromatic rings. The molecule has 0 spiro atoms. The van der Waals surface area contributed by atoms with Crippen LogP contribution >= 0.6 is 0 Å². The molecule has 0 saturated heterocycles. The van der Waals surface area contributed by atoms with E-state index in [-0.39, 0.29) is 36.0 Å². The molecule has 186 valence electrons. The number of Topliss-reactive ketones (excluding diaryl/α,β-unsaturated/α-hetero) is 1. The van der Waals surface area contributed by atoms with Crippen molar-refractivity contribution in [3.63, 3.8) is 0 Å². The summed E-state index contributed by atoms with van der Waals surface area (Å²) in [6.45, 7) is 1.73. The minimum atomic E-state index is -0.653. The van der Waals surface area contributed by atoms with Gasteiger partial charge in [0.05, 0.1) is 25.4 Å². The number of phenolic OH excluding ortho intramolecular Hbond substituents is 1. The van der Waals surface area contributed by atoms with Crippen LogP contribution in [0.2, 0.25) is 0 Å². The third-order valence-electron chi connectivity index (χ3n) is 7.38. The fourth-order valence-corrected chi connectivity index (χ4v) is 5.71. The molecule has 37 heavy (non-hydrogen) atoms. The van der Waals surface area contributed by atoms with E-state index in [0.717, 1.165) is 10.1 Å². The van der Waals surface area contributed by atoms with Gasteiger partial charge in [0.15, 0.2) is 23.1 Å². The molecule has 2 atom stereocenters. The largest absolute Gasteiger partial charge is 0.504 e. The van der Waals surface area contributed by atoms with Gasteiger partial charge in [0, 0.05) is 29.1 Å². The number of nitrogens with zero attached hydrogens (tertiary/aromatic N) is 3. The predicted molar refractivity (Wildman–Crippen MR) is 134 cm³/mol. The van der Waals surface area contributed by atoms with Crippen molar-refractivity contribution in [1.29, 1.82) is 0 Å². The van der Waals surface area contributed by atoms with Crippen molar-refractivity contribution in [3.05, 3.63) is 110 Å². The van der Waals surface area contributed by atoms with Gasteiger partial charge in [-0.3, -0.25) is 9.59 Å². The van der Waals surface area contributed by atoms with E-state index in [4.69, 9.17) is 4.74 Å². The molecule has 1 N–H and O–H groups in total. The lowest BCUT2D eigenvalue weighted by Crippen LogP contribution is -2.40. The van der Waals surface area contributed by atoms with E-state index in [9.17, 15) is 24.3 Å². The lowest BCUT2D eigenvalue weighted by molar-refractivity contribution is -0.116. The number of benzene rings is 2. The molecule has 9 heteroatoms. The Morgan fingerprint density at radius 3 is 2.49 bits per heavy atom. The Balaban J connectivity index is 1.59. The summed E-state index contributed by atoms with van der Waals surface area (Å²) in [5.74, 6) is -0.999. The monoisotopic (exact) mass is 497 g/mol. The van der Waals surface area contributed by atoms with Crippen LogP contribution in [-0.4, -0.2) is 37.7 Å². The van der Waals surface area contributed by atoms with Crippen molar-refractivity contribution < 1.29 is 19.4 Å². The van der Waals surface area contributed by atoms with Crippen LogP contribution in [0.15, 0.2) is 92.6 Å². The number of allylic oxidation sites excluding steroid dienone is 6. The average Bonchev–Trinajstić information content (AvgIpc) is 3.16. The second-order valence-corrected chi connectivity index (χ2v) is 9.36. The second-order valence-electron chi connectivity index (χ2n) is 9.36. The smallest absolute Gasteiger partial charge is 0.352 e. The normalized spacial score (nSPS) is 20.6. The molecule has 6 rings (SSSR count). The van der Waals surface area contributed by atoms with Gasteiger partial charge in [0.25, 0.3) is 0 Å². The van der Waals surface area contributed by atoms with Gasteiger partial charge in [-0.15, -0.1) is 0 Å². The summed E-state index contributed by atoms with van der Waals surface area (Å²) in [5.41, 5.74) is 1.87. The van der Waals surface area contributed by atoms with Crippen LogP contribution in [0.3, 0.4) is 0 Å². The van der Waals surface area contributed by atoms with Crippen LogP contribution in [0.25, 0.3) is 5.69 Å². The predicted octanol–water partition coefficient (Wildman–Crippen LogP) is 2.58. The van der Waals surface area contributed by atoms with Gasteiger partial charge in [-0.25, -0.2) is 23.5 Å². The average molecular weight is 498 g/mol. The van der Waals surface area contributed by atoms with Crippen LogP contribution in [0, 0.1) is 0 Å². The fraction of sp³-hybridized carbons (Fsp3) is 0.214. The number of phenols is 1. The third-order valence-corrected chi connectivity index (χ3v) is 7.38. The Bertz CT molecular complexity index is 1710. The molecule has 3 aliphatic rings. The Labute approximate surface area is 210 Å². The van der Waals surface area contributed by atoms with Crippen LogP contribution in [0.5, 0.6) is 11.5 Å². The van der Waals surface area contributed by atoms with E-state index < -0.39 is 23.3 Å². The topological polar surface area (TPSA) is 113 Å². The SMILES string of the molecule is COc1cc([C@H]2C3=CCn4c(=O)n(-c5ccccc5)c(=O)n4[C@@H]3CC3=C2C(=O)C=C(C)C3=O)ccc1O. The van der Waals surface area contributed by atoms with E-state index in [1.165, 1.54) is 28.6 Å². The lowest BCUT2D eigenvalue weighted by atomic mass is 9.68. The zero-order chi connectivity index (χ0) is 26.0. The number of aromatic nitrogens is 3. The molecule has 0 unspecified atom stereocenters.